The number of carbonyl (C=O) groups is 4. The van der Waals surface area contributed by atoms with Gasteiger partial charge in [0.05, 0.1) is 11.3 Å². The molecule has 0 bridgehead atoms. The fraction of sp³-hybridized carbons (Fsp3) is 0.583. The van der Waals surface area contributed by atoms with Crippen molar-refractivity contribution in [3.8, 4) is 0 Å². The molecule has 186 valence electrons. The number of carboxylic acids is 1. The number of amides is 3. The Bertz CT molecular complexity index is 924. The molecule has 3 rings (SSSR count). The first kappa shape index (κ1) is 25.9. The van der Waals surface area contributed by atoms with Crippen molar-refractivity contribution in [2.75, 3.05) is 24.7 Å². The van der Waals surface area contributed by atoms with Crippen LogP contribution in [0, 0.1) is 0 Å². The first-order chi connectivity index (χ1) is 15.9. The Balaban J connectivity index is 1.74. The lowest BCUT2D eigenvalue weighted by Gasteiger charge is -2.42. The number of nitrogens with one attached hydrogen (secondary N) is 1. The highest BCUT2D eigenvalue weighted by Crippen LogP contribution is 2.37. The van der Waals surface area contributed by atoms with Crippen molar-refractivity contribution in [2.45, 2.75) is 63.6 Å². The Kier molecular flexibility index (Phi) is 7.80. The number of benzene rings is 1. The van der Waals surface area contributed by atoms with Gasteiger partial charge in [0.15, 0.2) is 0 Å². The number of likely N-dealkylation sites (tertiary alicyclic amines) is 1. The number of hydrogen-bond acceptors (Lipinski definition) is 6. The van der Waals surface area contributed by atoms with E-state index in [0.717, 1.165) is 5.56 Å². The van der Waals surface area contributed by atoms with Gasteiger partial charge in [0.1, 0.15) is 17.7 Å². The zero-order chi connectivity index (χ0) is 25.1. The number of piperidine rings is 1. The highest BCUT2D eigenvalue weighted by molar-refractivity contribution is 7.99. The largest absolute Gasteiger partial charge is 0.480 e. The van der Waals surface area contributed by atoms with Crippen LogP contribution in [0.5, 0.6) is 0 Å². The average Bonchev–Trinajstić information content (AvgIpc) is 3.28. The minimum absolute atomic E-state index is 0.156. The summed E-state index contributed by atoms with van der Waals surface area (Å²) in [6, 6.07) is 7.64. The van der Waals surface area contributed by atoms with E-state index in [-0.39, 0.29) is 11.8 Å². The third-order valence-electron chi connectivity index (χ3n) is 6.20. The number of carboxylic acid groups (broad SMARTS) is 1. The molecule has 2 aliphatic heterocycles. The topological polar surface area (TPSA) is 116 Å². The van der Waals surface area contributed by atoms with E-state index in [4.69, 9.17) is 4.74 Å². The first-order valence-corrected chi connectivity index (χ1v) is 12.6. The quantitative estimate of drug-likeness (QED) is 0.650. The van der Waals surface area contributed by atoms with Crippen LogP contribution in [-0.4, -0.2) is 81.2 Å². The molecule has 2 atom stereocenters. The van der Waals surface area contributed by atoms with Crippen molar-refractivity contribution < 1.29 is 29.0 Å². The predicted octanol–water partition coefficient (Wildman–Crippen LogP) is 2.45. The summed E-state index contributed by atoms with van der Waals surface area (Å²) in [6.45, 7) is 7.44. The highest BCUT2D eigenvalue weighted by Gasteiger charge is 2.46. The summed E-state index contributed by atoms with van der Waals surface area (Å²) in [7, 11) is 0. The van der Waals surface area contributed by atoms with Crippen molar-refractivity contribution in [2.24, 2.45) is 0 Å². The van der Waals surface area contributed by atoms with E-state index >= 15 is 0 Å². The van der Waals surface area contributed by atoms with Crippen LogP contribution in [0.15, 0.2) is 30.3 Å². The molecule has 0 aromatic heterocycles. The van der Waals surface area contributed by atoms with Gasteiger partial charge in [-0.15, -0.1) is 11.8 Å². The number of ether oxygens (including phenoxy) is 1. The van der Waals surface area contributed by atoms with Crippen molar-refractivity contribution in [3.63, 3.8) is 0 Å². The third-order valence-corrected chi connectivity index (χ3v) is 7.22. The lowest BCUT2D eigenvalue weighted by molar-refractivity contribution is -0.143. The molecule has 0 aliphatic carbocycles. The molecule has 0 spiro atoms. The van der Waals surface area contributed by atoms with Crippen LogP contribution in [0.3, 0.4) is 0 Å². The molecule has 0 saturated carbocycles. The maximum atomic E-state index is 13.4. The summed E-state index contributed by atoms with van der Waals surface area (Å²) < 4.78 is 5.47. The lowest BCUT2D eigenvalue weighted by Crippen LogP contribution is -2.57. The van der Waals surface area contributed by atoms with Crippen molar-refractivity contribution in [1.29, 1.82) is 0 Å². The third kappa shape index (κ3) is 5.65. The minimum atomic E-state index is -1.11. The molecule has 1 aromatic rings. The summed E-state index contributed by atoms with van der Waals surface area (Å²) in [5.74, 6) is -0.730. The zero-order valence-corrected chi connectivity index (χ0v) is 20.9. The van der Waals surface area contributed by atoms with E-state index in [0.29, 0.717) is 37.6 Å². The molecular formula is C24H33N3O6S. The van der Waals surface area contributed by atoms with Gasteiger partial charge >= 0.3 is 12.1 Å². The van der Waals surface area contributed by atoms with Gasteiger partial charge in [0.25, 0.3) is 0 Å². The van der Waals surface area contributed by atoms with Crippen LogP contribution in [0.1, 0.15) is 46.1 Å². The Morgan fingerprint density at radius 3 is 2.32 bits per heavy atom. The summed E-state index contributed by atoms with van der Waals surface area (Å²) in [6.07, 6.45) is 0.203. The average molecular weight is 492 g/mol. The summed E-state index contributed by atoms with van der Waals surface area (Å²) in [4.78, 5) is 53.7. The molecule has 2 N–H and O–H groups in total. The molecule has 34 heavy (non-hydrogen) atoms. The maximum Gasteiger partial charge on any atom is 0.411 e. The van der Waals surface area contributed by atoms with Crippen LogP contribution in [0.25, 0.3) is 0 Å². The molecule has 1 aromatic carbocycles. The predicted molar refractivity (Wildman–Crippen MR) is 128 cm³/mol. The Hall–Kier alpha value is -2.75. The Morgan fingerprint density at radius 1 is 1.15 bits per heavy atom. The highest BCUT2D eigenvalue weighted by atomic mass is 32.2. The molecule has 2 fully saturated rings. The molecule has 2 heterocycles. The summed E-state index contributed by atoms with van der Waals surface area (Å²) in [5, 5.41) is 11.9. The fourth-order valence-corrected chi connectivity index (χ4v) is 5.40. The standard InChI is InChI=1S/C24H33N3O6S/c1-16(20(29)30)25-21(31)24(17-8-6-5-7-9-17)10-12-26(13-11-24)19(28)18-14-34-15-27(18)22(32)33-23(2,3)4/h5-9,16,18H,10-15H2,1-4H3,(H,25,31)(H,29,30)/t16-,18+/m1/s1. The van der Waals surface area contributed by atoms with Gasteiger partial charge in [-0.1, -0.05) is 30.3 Å². The van der Waals surface area contributed by atoms with E-state index in [1.807, 2.05) is 30.3 Å². The number of carbonyl (C=O) groups excluding carboxylic acids is 3. The molecule has 0 radical (unpaired) electrons. The van der Waals surface area contributed by atoms with E-state index in [2.05, 4.69) is 5.32 Å². The second-order valence-electron chi connectivity index (χ2n) is 9.77. The number of nitrogens with zero attached hydrogens (tertiary/aromatic N) is 2. The van der Waals surface area contributed by atoms with Gasteiger partial charge in [0.2, 0.25) is 11.8 Å². The van der Waals surface area contributed by atoms with E-state index in [9.17, 15) is 24.3 Å². The molecule has 2 saturated heterocycles. The van der Waals surface area contributed by atoms with Gasteiger partial charge < -0.3 is 20.1 Å². The van der Waals surface area contributed by atoms with E-state index < -0.39 is 35.2 Å². The fourth-order valence-electron chi connectivity index (χ4n) is 4.27. The number of thioether (sulfide) groups is 1. The molecule has 0 unspecified atom stereocenters. The van der Waals surface area contributed by atoms with Gasteiger partial charge in [0, 0.05) is 18.8 Å². The summed E-state index contributed by atoms with van der Waals surface area (Å²) in [5.41, 5.74) is -0.792. The van der Waals surface area contributed by atoms with Gasteiger partial charge in [-0.25, -0.2) is 4.79 Å². The van der Waals surface area contributed by atoms with Crippen LogP contribution in [0.2, 0.25) is 0 Å². The molecule has 10 heteroatoms. The number of rotatable bonds is 5. The maximum absolute atomic E-state index is 13.4. The van der Waals surface area contributed by atoms with Crippen LogP contribution in [0.4, 0.5) is 4.79 Å². The molecular weight excluding hydrogens is 458 g/mol. The van der Waals surface area contributed by atoms with Gasteiger partial charge in [-0.2, -0.15) is 0 Å². The Labute approximate surface area is 204 Å². The van der Waals surface area contributed by atoms with Gasteiger partial charge in [-0.3, -0.25) is 19.3 Å². The number of aliphatic carboxylic acids is 1. The first-order valence-electron chi connectivity index (χ1n) is 11.4. The second-order valence-corrected chi connectivity index (χ2v) is 10.8. The van der Waals surface area contributed by atoms with Crippen molar-refractivity contribution in [3.05, 3.63) is 35.9 Å². The molecule has 9 nitrogen and oxygen atoms in total. The lowest BCUT2D eigenvalue weighted by atomic mass is 9.71. The van der Waals surface area contributed by atoms with Crippen molar-refractivity contribution >= 4 is 35.6 Å². The second kappa shape index (κ2) is 10.2. The van der Waals surface area contributed by atoms with Crippen LogP contribution < -0.4 is 5.32 Å². The normalized spacial score (nSPS) is 21.0. The van der Waals surface area contributed by atoms with Crippen LogP contribution >= 0.6 is 11.8 Å². The van der Waals surface area contributed by atoms with Gasteiger partial charge in [-0.05, 0) is 46.1 Å². The summed E-state index contributed by atoms with van der Waals surface area (Å²) >= 11 is 1.51. The molecule has 3 amide bonds. The smallest absolute Gasteiger partial charge is 0.411 e. The van der Waals surface area contributed by atoms with E-state index in [1.54, 1.807) is 25.7 Å². The minimum Gasteiger partial charge on any atom is -0.480 e. The Morgan fingerprint density at radius 2 is 1.76 bits per heavy atom. The SMILES string of the molecule is C[C@@H](NC(=O)C1(c2ccccc2)CCN(C(=O)[C@@H]2CSCN2C(=O)OC(C)(C)C)CC1)C(=O)O. The number of hydrogen-bond donors (Lipinski definition) is 2. The zero-order valence-electron chi connectivity index (χ0n) is 20.1. The molecule has 2 aliphatic rings. The monoisotopic (exact) mass is 491 g/mol. The van der Waals surface area contributed by atoms with Crippen LogP contribution in [-0.2, 0) is 24.5 Å². The van der Waals surface area contributed by atoms with E-state index in [1.165, 1.54) is 23.6 Å². The van der Waals surface area contributed by atoms with Crippen molar-refractivity contribution in [1.82, 2.24) is 15.1 Å².